The Bertz CT molecular complexity index is 332. The van der Waals surface area contributed by atoms with Crippen molar-refractivity contribution in [3.63, 3.8) is 0 Å². The van der Waals surface area contributed by atoms with Crippen molar-refractivity contribution >= 4 is 18.0 Å². The van der Waals surface area contributed by atoms with Gasteiger partial charge in [0, 0.05) is 30.6 Å². The number of hydrogen-bond donors (Lipinski definition) is 2. The monoisotopic (exact) mass is 193 g/mol. The second kappa shape index (κ2) is 4.96. The van der Waals surface area contributed by atoms with E-state index in [2.05, 4.69) is 15.3 Å². The molecule has 0 aliphatic rings. The van der Waals surface area contributed by atoms with Crippen LogP contribution in [0.5, 0.6) is 0 Å². The number of anilines is 1. The van der Waals surface area contributed by atoms with Crippen molar-refractivity contribution < 1.29 is 9.90 Å². The first kappa shape index (κ1) is 10.2. The fourth-order valence-electron chi connectivity index (χ4n) is 0.841. The Morgan fingerprint density at radius 3 is 2.71 bits per heavy atom. The zero-order valence-electron chi connectivity index (χ0n) is 7.77. The minimum atomic E-state index is -0.985. The Morgan fingerprint density at radius 1 is 1.57 bits per heavy atom. The Balaban J connectivity index is 2.68. The SMILES string of the molecule is CCNc1ncc(/C=C/C(=O)O)cn1. The van der Waals surface area contributed by atoms with Crippen molar-refractivity contribution in [3.05, 3.63) is 24.0 Å². The van der Waals surface area contributed by atoms with E-state index in [1.165, 1.54) is 6.08 Å². The molecule has 1 rings (SSSR count). The average Bonchev–Trinajstić information content (AvgIpc) is 2.17. The quantitative estimate of drug-likeness (QED) is 0.698. The first-order chi connectivity index (χ1) is 6.72. The highest BCUT2D eigenvalue weighted by Crippen LogP contribution is 2.01. The van der Waals surface area contributed by atoms with Crippen LogP contribution in [-0.4, -0.2) is 27.6 Å². The van der Waals surface area contributed by atoms with Crippen LogP contribution >= 0.6 is 0 Å². The number of nitrogens with zero attached hydrogens (tertiary/aromatic N) is 2. The first-order valence-electron chi connectivity index (χ1n) is 4.19. The molecule has 0 fully saturated rings. The summed E-state index contributed by atoms with van der Waals surface area (Å²) in [7, 11) is 0. The molecule has 2 N–H and O–H groups in total. The minimum absolute atomic E-state index is 0.542. The van der Waals surface area contributed by atoms with Gasteiger partial charge in [0.05, 0.1) is 0 Å². The van der Waals surface area contributed by atoms with Crippen molar-refractivity contribution in [2.24, 2.45) is 0 Å². The lowest BCUT2D eigenvalue weighted by Crippen LogP contribution is -2.01. The van der Waals surface area contributed by atoms with E-state index in [0.29, 0.717) is 11.5 Å². The number of carboxylic acids is 1. The van der Waals surface area contributed by atoms with E-state index >= 15 is 0 Å². The molecule has 0 aromatic carbocycles. The summed E-state index contributed by atoms with van der Waals surface area (Å²) in [4.78, 5) is 18.2. The van der Waals surface area contributed by atoms with Crippen LogP contribution in [-0.2, 0) is 4.79 Å². The fraction of sp³-hybridized carbons (Fsp3) is 0.222. The molecule has 1 aromatic rings. The van der Waals surface area contributed by atoms with Gasteiger partial charge in [0.2, 0.25) is 5.95 Å². The maximum atomic E-state index is 10.2. The maximum Gasteiger partial charge on any atom is 0.328 e. The van der Waals surface area contributed by atoms with E-state index in [1.807, 2.05) is 6.92 Å². The predicted molar refractivity (Wildman–Crippen MR) is 52.9 cm³/mol. The standard InChI is InChI=1S/C9H11N3O2/c1-2-10-9-11-5-7(6-12-9)3-4-8(13)14/h3-6H,2H2,1H3,(H,13,14)(H,10,11,12)/b4-3+. The lowest BCUT2D eigenvalue weighted by atomic mass is 10.3. The van der Waals surface area contributed by atoms with Crippen LogP contribution in [0.15, 0.2) is 18.5 Å². The number of rotatable bonds is 4. The highest BCUT2D eigenvalue weighted by molar-refractivity contribution is 5.85. The zero-order chi connectivity index (χ0) is 10.4. The molecule has 5 nitrogen and oxygen atoms in total. The summed E-state index contributed by atoms with van der Waals surface area (Å²) in [6.45, 7) is 2.70. The van der Waals surface area contributed by atoms with Crippen LogP contribution in [0, 0.1) is 0 Å². The molecule has 0 spiro atoms. The average molecular weight is 193 g/mol. The Kier molecular flexibility index (Phi) is 3.60. The zero-order valence-corrected chi connectivity index (χ0v) is 7.77. The molecule has 0 saturated carbocycles. The van der Waals surface area contributed by atoms with Crippen molar-refractivity contribution in [3.8, 4) is 0 Å². The molecule has 0 bridgehead atoms. The molecule has 74 valence electrons. The van der Waals surface area contributed by atoms with Gasteiger partial charge in [0.1, 0.15) is 0 Å². The third-order valence-corrected chi connectivity index (χ3v) is 1.43. The fourth-order valence-corrected chi connectivity index (χ4v) is 0.841. The van der Waals surface area contributed by atoms with Gasteiger partial charge in [0.15, 0.2) is 0 Å². The smallest absolute Gasteiger partial charge is 0.328 e. The molecule has 0 aliphatic heterocycles. The van der Waals surface area contributed by atoms with Crippen molar-refractivity contribution in [1.29, 1.82) is 0 Å². The Morgan fingerprint density at radius 2 is 2.21 bits per heavy atom. The first-order valence-corrected chi connectivity index (χ1v) is 4.19. The Labute approximate surface area is 81.5 Å². The van der Waals surface area contributed by atoms with Crippen LogP contribution in [0.4, 0.5) is 5.95 Å². The number of aliphatic carboxylic acids is 1. The second-order valence-corrected chi connectivity index (χ2v) is 2.54. The summed E-state index contributed by atoms with van der Waals surface area (Å²) in [5.74, 6) is -0.444. The summed E-state index contributed by atoms with van der Waals surface area (Å²) in [5.41, 5.74) is 0.661. The minimum Gasteiger partial charge on any atom is -0.478 e. The summed E-state index contributed by atoms with van der Waals surface area (Å²) < 4.78 is 0. The van der Waals surface area contributed by atoms with Gasteiger partial charge in [0.25, 0.3) is 0 Å². The number of hydrogen-bond acceptors (Lipinski definition) is 4. The summed E-state index contributed by atoms with van der Waals surface area (Å²) in [6, 6.07) is 0. The van der Waals surface area contributed by atoms with E-state index in [9.17, 15) is 4.79 Å². The van der Waals surface area contributed by atoms with E-state index in [-0.39, 0.29) is 0 Å². The molecule has 5 heteroatoms. The highest BCUT2D eigenvalue weighted by atomic mass is 16.4. The second-order valence-electron chi connectivity index (χ2n) is 2.54. The molecular formula is C9H11N3O2. The van der Waals surface area contributed by atoms with E-state index in [0.717, 1.165) is 12.6 Å². The summed E-state index contributed by atoms with van der Waals surface area (Å²) >= 11 is 0. The lowest BCUT2D eigenvalue weighted by molar-refractivity contribution is -0.131. The van der Waals surface area contributed by atoms with Gasteiger partial charge in [-0.05, 0) is 13.0 Å². The lowest BCUT2D eigenvalue weighted by Gasteiger charge is -1.99. The third-order valence-electron chi connectivity index (χ3n) is 1.43. The predicted octanol–water partition coefficient (Wildman–Crippen LogP) is 1.01. The van der Waals surface area contributed by atoms with Crippen molar-refractivity contribution in [1.82, 2.24) is 9.97 Å². The van der Waals surface area contributed by atoms with Gasteiger partial charge in [-0.15, -0.1) is 0 Å². The number of aromatic nitrogens is 2. The number of carbonyl (C=O) groups is 1. The van der Waals surface area contributed by atoms with Crippen molar-refractivity contribution in [2.45, 2.75) is 6.92 Å². The van der Waals surface area contributed by atoms with E-state index < -0.39 is 5.97 Å². The summed E-state index contributed by atoms with van der Waals surface area (Å²) in [5, 5.41) is 11.3. The topological polar surface area (TPSA) is 75.1 Å². The van der Waals surface area contributed by atoms with Crippen molar-refractivity contribution in [2.75, 3.05) is 11.9 Å². The van der Waals surface area contributed by atoms with Crippen LogP contribution in [0.2, 0.25) is 0 Å². The molecule has 1 aromatic heterocycles. The van der Waals surface area contributed by atoms with Gasteiger partial charge < -0.3 is 10.4 Å². The molecule has 14 heavy (non-hydrogen) atoms. The van der Waals surface area contributed by atoms with Gasteiger partial charge in [-0.2, -0.15) is 0 Å². The number of nitrogens with one attached hydrogen (secondary N) is 1. The van der Waals surface area contributed by atoms with E-state index in [1.54, 1.807) is 12.4 Å². The van der Waals surface area contributed by atoms with Gasteiger partial charge in [-0.3, -0.25) is 0 Å². The Hall–Kier alpha value is -1.91. The van der Waals surface area contributed by atoms with Gasteiger partial charge >= 0.3 is 5.97 Å². The van der Waals surface area contributed by atoms with E-state index in [4.69, 9.17) is 5.11 Å². The molecule has 1 heterocycles. The molecule has 0 amide bonds. The largest absolute Gasteiger partial charge is 0.478 e. The maximum absolute atomic E-state index is 10.2. The van der Waals surface area contributed by atoms with Crippen LogP contribution < -0.4 is 5.32 Å². The molecular weight excluding hydrogens is 182 g/mol. The number of carboxylic acid groups (broad SMARTS) is 1. The molecule has 0 unspecified atom stereocenters. The molecule has 0 atom stereocenters. The highest BCUT2D eigenvalue weighted by Gasteiger charge is 1.93. The molecule has 0 aliphatic carbocycles. The van der Waals surface area contributed by atoms with Crippen LogP contribution in [0.3, 0.4) is 0 Å². The van der Waals surface area contributed by atoms with Gasteiger partial charge in [-0.1, -0.05) is 0 Å². The summed E-state index contributed by atoms with van der Waals surface area (Å²) in [6.07, 6.45) is 5.61. The van der Waals surface area contributed by atoms with Crippen LogP contribution in [0.25, 0.3) is 6.08 Å². The third kappa shape index (κ3) is 3.22. The molecule has 0 radical (unpaired) electrons. The van der Waals surface area contributed by atoms with Gasteiger partial charge in [-0.25, -0.2) is 14.8 Å². The normalized spacial score (nSPS) is 10.4. The van der Waals surface area contributed by atoms with Crippen LogP contribution in [0.1, 0.15) is 12.5 Å². The molecule has 0 saturated heterocycles.